The maximum Gasteiger partial charge on any atom is 0.238 e. The van der Waals surface area contributed by atoms with Crippen LogP contribution in [0.15, 0.2) is 53.4 Å². The Kier molecular flexibility index (Phi) is 4.83. The number of nitrogens with two attached hydrogens (primary N) is 1. The Morgan fingerprint density at radius 1 is 1.19 bits per heavy atom. The topological polar surface area (TPSA) is 102 Å². The molecule has 0 saturated heterocycles. The number of primary sulfonamides is 1. The Morgan fingerprint density at radius 3 is 2.42 bits per heavy atom. The zero-order valence-electron chi connectivity index (χ0n) is 13.8. The summed E-state index contributed by atoms with van der Waals surface area (Å²) >= 11 is 5.97. The third-order valence-electron chi connectivity index (χ3n) is 3.94. The summed E-state index contributed by atoms with van der Waals surface area (Å²) in [5.41, 5.74) is 2.33. The lowest BCUT2D eigenvalue weighted by Crippen LogP contribution is -2.13. The van der Waals surface area contributed by atoms with Gasteiger partial charge in [-0.1, -0.05) is 41.9 Å². The molecule has 1 aromatic heterocycles. The summed E-state index contributed by atoms with van der Waals surface area (Å²) in [6.07, 6.45) is 0. The molecule has 0 amide bonds. The standard InChI is InChI=1S/C18H15ClN4O2S/c1-2-23-15(11-20)17(12-7-9-13(19)10-8-12)18(22-23)14-5-3-4-6-16(14)26(21,24)25/h3-10H,2H2,1H3,(H2,21,24,25). The van der Waals surface area contributed by atoms with Crippen LogP contribution in [0.3, 0.4) is 0 Å². The van der Waals surface area contributed by atoms with Crippen molar-refractivity contribution < 1.29 is 8.42 Å². The number of aryl methyl sites for hydroxylation is 1. The minimum absolute atomic E-state index is 0.0412. The maximum absolute atomic E-state index is 12.0. The Hall–Kier alpha value is -2.66. The van der Waals surface area contributed by atoms with Crippen LogP contribution in [0, 0.1) is 11.3 Å². The number of hydrogen-bond acceptors (Lipinski definition) is 4. The summed E-state index contributed by atoms with van der Waals surface area (Å²) in [7, 11) is -3.96. The number of halogens is 1. The van der Waals surface area contributed by atoms with Crippen LogP contribution in [-0.4, -0.2) is 18.2 Å². The molecular weight excluding hydrogens is 372 g/mol. The van der Waals surface area contributed by atoms with Crippen LogP contribution in [0.1, 0.15) is 12.6 Å². The van der Waals surface area contributed by atoms with E-state index in [2.05, 4.69) is 11.2 Å². The minimum Gasteiger partial charge on any atom is -0.254 e. The molecule has 0 bridgehead atoms. The summed E-state index contributed by atoms with van der Waals surface area (Å²) < 4.78 is 25.6. The lowest BCUT2D eigenvalue weighted by atomic mass is 9.99. The molecule has 3 rings (SSSR count). The fourth-order valence-corrected chi connectivity index (χ4v) is 3.66. The van der Waals surface area contributed by atoms with Crippen LogP contribution in [0.25, 0.3) is 22.4 Å². The van der Waals surface area contributed by atoms with Crippen LogP contribution in [0.5, 0.6) is 0 Å². The molecule has 0 atom stereocenters. The second kappa shape index (κ2) is 6.92. The maximum atomic E-state index is 12.0. The van der Waals surface area contributed by atoms with Gasteiger partial charge in [-0.25, -0.2) is 13.6 Å². The number of hydrogen-bond donors (Lipinski definition) is 1. The molecular formula is C18H15ClN4O2S. The van der Waals surface area contributed by atoms with Crippen LogP contribution >= 0.6 is 11.6 Å². The Balaban J connectivity index is 2.39. The van der Waals surface area contributed by atoms with Crippen LogP contribution in [0.2, 0.25) is 5.02 Å². The Morgan fingerprint density at radius 2 is 1.85 bits per heavy atom. The van der Waals surface area contributed by atoms with Gasteiger partial charge in [0, 0.05) is 22.7 Å². The lowest BCUT2D eigenvalue weighted by molar-refractivity contribution is 0.598. The predicted octanol–water partition coefficient (Wildman–Crippen LogP) is 3.41. The molecule has 2 aromatic carbocycles. The van der Waals surface area contributed by atoms with Gasteiger partial charge in [0.05, 0.1) is 4.90 Å². The second-order valence-corrected chi connectivity index (χ2v) is 7.51. The molecule has 0 aliphatic rings. The van der Waals surface area contributed by atoms with Gasteiger partial charge in [0.2, 0.25) is 10.0 Å². The predicted molar refractivity (Wildman–Crippen MR) is 99.9 cm³/mol. The third kappa shape index (κ3) is 3.22. The van der Waals surface area contributed by atoms with Gasteiger partial charge >= 0.3 is 0 Å². The molecule has 26 heavy (non-hydrogen) atoms. The summed E-state index contributed by atoms with van der Waals surface area (Å²) in [5, 5.41) is 20.1. The summed E-state index contributed by atoms with van der Waals surface area (Å²) in [4.78, 5) is -0.0412. The fourth-order valence-electron chi connectivity index (χ4n) is 2.79. The first-order valence-corrected chi connectivity index (χ1v) is 9.68. The van der Waals surface area contributed by atoms with Gasteiger partial charge < -0.3 is 0 Å². The van der Waals surface area contributed by atoms with E-state index in [0.717, 1.165) is 0 Å². The normalized spacial score (nSPS) is 11.3. The first-order valence-electron chi connectivity index (χ1n) is 7.76. The van der Waals surface area contributed by atoms with E-state index in [4.69, 9.17) is 16.7 Å². The van der Waals surface area contributed by atoms with E-state index >= 15 is 0 Å². The lowest BCUT2D eigenvalue weighted by Gasteiger charge is -2.08. The van der Waals surface area contributed by atoms with Crippen LogP contribution in [-0.2, 0) is 16.6 Å². The largest absolute Gasteiger partial charge is 0.254 e. The van der Waals surface area contributed by atoms with Crippen molar-refractivity contribution in [3.05, 3.63) is 59.2 Å². The van der Waals surface area contributed by atoms with Gasteiger partial charge in [0.25, 0.3) is 0 Å². The minimum atomic E-state index is -3.96. The highest BCUT2D eigenvalue weighted by atomic mass is 35.5. The number of sulfonamides is 1. The van der Waals surface area contributed by atoms with Gasteiger partial charge in [-0.05, 0) is 30.7 Å². The molecule has 0 aliphatic heterocycles. The zero-order chi connectivity index (χ0) is 18.9. The van der Waals surface area contributed by atoms with Gasteiger partial charge in [-0.3, -0.25) is 4.68 Å². The number of benzene rings is 2. The molecule has 0 unspecified atom stereocenters. The fraction of sp³-hybridized carbons (Fsp3) is 0.111. The van der Waals surface area contributed by atoms with Crippen molar-refractivity contribution in [2.75, 3.05) is 0 Å². The van der Waals surface area contributed by atoms with Gasteiger partial charge in [-0.15, -0.1) is 0 Å². The zero-order valence-corrected chi connectivity index (χ0v) is 15.4. The van der Waals surface area contributed by atoms with Crippen LogP contribution in [0.4, 0.5) is 0 Å². The second-order valence-electron chi connectivity index (χ2n) is 5.55. The van der Waals surface area contributed by atoms with E-state index in [1.165, 1.54) is 6.07 Å². The molecule has 0 saturated carbocycles. The quantitative estimate of drug-likeness (QED) is 0.742. The molecule has 1 heterocycles. The van der Waals surface area contributed by atoms with Crippen molar-refractivity contribution in [1.29, 1.82) is 5.26 Å². The van der Waals surface area contributed by atoms with Crippen molar-refractivity contribution in [3.8, 4) is 28.5 Å². The van der Waals surface area contributed by atoms with Crippen LogP contribution < -0.4 is 5.14 Å². The summed E-state index contributed by atoms with van der Waals surface area (Å²) in [6, 6.07) is 15.5. The molecule has 0 radical (unpaired) electrons. The summed E-state index contributed by atoms with van der Waals surface area (Å²) in [5.74, 6) is 0. The highest BCUT2D eigenvalue weighted by molar-refractivity contribution is 7.89. The highest BCUT2D eigenvalue weighted by Gasteiger charge is 2.24. The third-order valence-corrected chi connectivity index (χ3v) is 5.16. The monoisotopic (exact) mass is 386 g/mol. The Bertz CT molecular complexity index is 1110. The van der Waals surface area contributed by atoms with Crippen molar-refractivity contribution in [3.63, 3.8) is 0 Å². The highest BCUT2D eigenvalue weighted by Crippen LogP contribution is 2.37. The van der Waals surface area contributed by atoms with E-state index in [1.54, 1.807) is 47.1 Å². The molecule has 2 N–H and O–H groups in total. The van der Waals surface area contributed by atoms with Gasteiger partial charge in [-0.2, -0.15) is 10.4 Å². The smallest absolute Gasteiger partial charge is 0.238 e. The molecule has 3 aromatic rings. The number of nitrogens with zero attached hydrogens (tertiary/aromatic N) is 3. The number of rotatable bonds is 4. The molecule has 0 spiro atoms. The molecule has 8 heteroatoms. The van der Waals surface area contributed by atoms with E-state index < -0.39 is 10.0 Å². The van der Waals surface area contributed by atoms with Crippen molar-refractivity contribution in [2.24, 2.45) is 5.14 Å². The van der Waals surface area contributed by atoms with E-state index in [9.17, 15) is 13.7 Å². The molecule has 0 aliphatic carbocycles. The van der Waals surface area contributed by atoms with Crippen molar-refractivity contribution >= 4 is 21.6 Å². The SMILES string of the molecule is CCn1nc(-c2ccccc2S(N)(=O)=O)c(-c2ccc(Cl)cc2)c1C#N. The molecule has 0 fully saturated rings. The first-order chi connectivity index (χ1) is 12.4. The van der Waals surface area contributed by atoms with Crippen molar-refractivity contribution in [2.45, 2.75) is 18.4 Å². The molecule has 6 nitrogen and oxygen atoms in total. The van der Waals surface area contributed by atoms with E-state index in [1.807, 2.05) is 6.92 Å². The van der Waals surface area contributed by atoms with Crippen molar-refractivity contribution in [1.82, 2.24) is 9.78 Å². The van der Waals surface area contributed by atoms with Gasteiger partial charge in [0.1, 0.15) is 17.5 Å². The number of nitriles is 1. The molecule has 132 valence electrons. The average molecular weight is 387 g/mol. The summed E-state index contributed by atoms with van der Waals surface area (Å²) in [6.45, 7) is 2.32. The first kappa shape index (κ1) is 18.1. The van der Waals surface area contributed by atoms with Gasteiger partial charge in [0.15, 0.2) is 0 Å². The van der Waals surface area contributed by atoms with E-state index in [0.29, 0.717) is 39.6 Å². The number of aromatic nitrogens is 2. The average Bonchev–Trinajstić information content (AvgIpc) is 3.00. The van der Waals surface area contributed by atoms with E-state index in [-0.39, 0.29) is 4.90 Å². The Labute approximate surface area is 156 Å².